The summed E-state index contributed by atoms with van der Waals surface area (Å²) in [5, 5.41) is 19.2. The van der Waals surface area contributed by atoms with Gasteiger partial charge >= 0.3 is 0 Å². The maximum Gasteiger partial charge on any atom is 0.194 e. The monoisotopic (exact) mass is 133 g/mol. The van der Waals surface area contributed by atoms with Gasteiger partial charge in [-0.15, -0.1) is 0 Å². The molecule has 0 rings (SSSR count). The summed E-state index contributed by atoms with van der Waals surface area (Å²) in [7, 11) is 0. The number of aliphatic hydroxyl groups excluding tert-OH is 1. The van der Waals surface area contributed by atoms with E-state index in [1.165, 1.54) is 0 Å². The van der Waals surface area contributed by atoms with Crippen molar-refractivity contribution >= 4 is 0 Å². The molecule has 55 valence electrons. The Balaban J connectivity index is 3.22. The van der Waals surface area contributed by atoms with E-state index in [-0.39, 0.29) is 0 Å². The second kappa shape index (κ2) is 4.73. The van der Waals surface area contributed by atoms with Gasteiger partial charge in [-0.3, -0.25) is 0 Å². The molecule has 0 aliphatic heterocycles. The maximum absolute atomic E-state index is 10.5. The van der Waals surface area contributed by atoms with Crippen molar-refractivity contribution in [3.05, 3.63) is 0 Å². The van der Waals surface area contributed by atoms with E-state index in [1.54, 1.807) is 13.8 Å². The number of hydrogen-bond acceptors (Lipinski definition) is 2. The van der Waals surface area contributed by atoms with Gasteiger partial charge in [0.2, 0.25) is 0 Å². The zero-order valence-corrected chi connectivity index (χ0v) is 5.83. The van der Waals surface area contributed by atoms with Gasteiger partial charge in [0.25, 0.3) is 0 Å². The molecule has 0 fully saturated rings. The van der Waals surface area contributed by atoms with E-state index in [9.17, 15) is 5.11 Å². The molecule has 1 N–H and O–H groups in total. The molecule has 1 radical (unpaired) electrons. The standard InChI is InChI=1S/C6H13O3/c1-3-5(7)9-6(8)4-2/h5-7H,3-4H2,1-2H3. The molecule has 0 aliphatic carbocycles. The van der Waals surface area contributed by atoms with Crippen molar-refractivity contribution in [2.45, 2.75) is 39.3 Å². The highest BCUT2D eigenvalue weighted by atomic mass is 16.7. The van der Waals surface area contributed by atoms with Crippen LogP contribution in [0.15, 0.2) is 0 Å². The zero-order chi connectivity index (χ0) is 7.28. The topological polar surface area (TPSA) is 49.4 Å². The maximum atomic E-state index is 10.5. The van der Waals surface area contributed by atoms with E-state index in [4.69, 9.17) is 5.11 Å². The molecular weight excluding hydrogens is 120 g/mol. The Bertz CT molecular complexity index is 57.3. The second-order valence-electron chi connectivity index (χ2n) is 1.84. The SMILES string of the molecule is CCC([O])OC(O)CC. The van der Waals surface area contributed by atoms with Crippen LogP contribution in [0.5, 0.6) is 0 Å². The van der Waals surface area contributed by atoms with Crippen molar-refractivity contribution in [2.75, 3.05) is 0 Å². The first-order valence-corrected chi connectivity index (χ1v) is 3.20. The largest absolute Gasteiger partial charge is 0.368 e. The lowest BCUT2D eigenvalue weighted by Crippen LogP contribution is -2.18. The van der Waals surface area contributed by atoms with E-state index in [1.807, 2.05) is 0 Å². The number of hydrogen-bond donors (Lipinski definition) is 1. The molecule has 0 aromatic carbocycles. The van der Waals surface area contributed by atoms with Gasteiger partial charge in [-0.1, -0.05) is 13.8 Å². The van der Waals surface area contributed by atoms with E-state index in [0.29, 0.717) is 12.8 Å². The lowest BCUT2D eigenvalue weighted by molar-refractivity contribution is -0.230. The zero-order valence-electron chi connectivity index (χ0n) is 5.83. The summed E-state index contributed by atoms with van der Waals surface area (Å²) in [6, 6.07) is 0. The average molecular weight is 133 g/mol. The van der Waals surface area contributed by atoms with Crippen molar-refractivity contribution < 1.29 is 14.9 Å². The average Bonchev–Trinajstić information content (AvgIpc) is 1.87. The van der Waals surface area contributed by atoms with Crippen molar-refractivity contribution in [3.63, 3.8) is 0 Å². The summed E-state index contributed by atoms with van der Waals surface area (Å²) >= 11 is 0. The Morgan fingerprint density at radius 1 is 1.44 bits per heavy atom. The van der Waals surface area contributed by atoms with Crippen molar-refractivity contribution in [3.8, 4) is 0 Å². The Kier molecular flexibility index (Phi) is 4.67. The van der Waals surface area contributed by atoms with Crippen LogP contribution >= 0.6 is 0 Å². The molecule has 0 heterocycles. The fraction of sp³-hybridized carbons (Fsp3) is 1.00. The molecule has 0 aliphatic rings. The summed E-state index contributed by atoms with van der Waals surface area (Å²) < 4.78 is 4.55. The van der Waals surface area contributed by atoms with Crippen LogP contribution in [-0.2, 0) is 9.84 Å². The number of ether oxygens (including phenoxy) is 1. The Hall–Kier alpha value is -0.120. The predicted octanol–water partition coefficient (Wildman–Crippen LogP) is 0.898. The summed E-state index contributed by atoms with van der Waals surface area (Å²) in [4.78, 5) is 0. The third-order valence-corrected chi connectivity index (χ3v) is 0.991. The minimum Gasteiger partial charge on any atom is -0.368 e. The summed E-state index contributed by atoms with van der Waals surface area (Å²) in [5.74, 6) is 0. The van der Waals surface area contributed by atoms with Gasteiger partial charge in [-0.25, -0.2) is 5.11 Å². The van der Waals surface area contributed by atoms with Crippen LogP contribution in [0.3, 0.4) is 0 Å². The second-order valence-corrected chi connectivity index (χ2v) is 1.84. The van der Waals surface area contributed by atoms with Crippen molar-refractivity contribution in [1.29, 1.82) is 0 Å². The van der Waals surface area contributed by atoms with Crippen molar-refractivity contribution in [1.82, 2.24) is 0 Å². The predicted molar refractivity (Wildman–Crippen MR) is 32.1 cm³/mol. The minimum absolute atomic E-state index is 0.400. The van der Waals surface area contributed by atoms with Gasteiger partial charge in [0.1, 0.15) is 0 Å². The number of rotatable bonds is 4. The van der Waals surface area contributed by atoms with E-state index < -0.39 is 12.6 Å². The Labute approximate surface area is 55.3 Å². The molecule has 0 spiro atoms. The van der Waals surface area contributed by atoms with E-state index in [2.05, 4.69) is 4.74 Å². The van der Waals surface area contributed by atoms with Crippen LogP contribution in [-0.4, -0.2) is 17.7 Å². The first-order valence-electron chi connectivity index (χ1n) is 3.20. The van der Waals surface area contributed by atoms with Gasteiger partial charge in [0, 0.05) is 0 Å². The highest BCUT2D eigenvalue weighted by molar-refractivity contribution is 4.37. The summed E-state index contributed by atoms with van der Waals surface area (Å²) in [6.07, 6.45) is -1.08. The summed E-state index contributed by atoms with van der Waals surface area (Å²) in [6.45, 7) is 3.48. The third-order valence-electron chi connectivity index (χ3n) is 0.991. The first-order chi connectivity index (χ1) is 4.20. The Morgan fingerprint density at radius 2 is 2.00 bits per heavy atom. The third kappa shape index (κ3) is 4.39. The van der Waals surface area contributed by atoms with Crippen LogP contribution in [0.2, 0.25) is 0 Å². The van der Waals surface area contributed by atoms with Gasteiger partial charge in [0.05, 0.1) is 0 Å². The van der Waals surface area contributed by atoms with Crippen molar-refractivity contribution in [2.24, 2.45) is 0 Å². The molecule has 2 unspecified atom stereocenters. The summed E-state index contributed by atoms with van der Waals surface area (Å²) in [5.41, 5.74) is 0. The van der Waals surface area contributed by atoms with Crippen LogP contribution in [0, 0.1) is 0 Å². The molecule has 3 nitrogen and oxygen atoms in total. The molecule has 2 atom stereocenters. The van der Waals surface area contributed by atoms with Crippen LogP contribution in [0.4, 0.5) is 0 Å². The van der Waals surface area contributed by atoms with Gasteiger partial charge in [-0.2, -0.15) is 0 Å². The molecule has 0 bridgehead atoms. The highest BCUT2D eigenvalue weighted by Gasteiger charge is 2.07. The van der Waals surface area contributed by atoms with Crippen LogP contribution in [0.25, 0.3) is 0 Å². The van der Waals surface area contributed by atoms with Crippen LogP contribution < -0.4 is 0 Å². The molecule has 0 saturated carbocycles. The fourth-order valence-corrected chi connectivity index (χ4v) is 0.368. The lowest BCUT2D eigenvalue weighted by atomic mass is 10.4. The minimum atomic E-state index is -1.07. The number of aliphatic hydroxyl groups is 1. The quantitative estimate of drug-likeness (QED) is 0.579. The highest BCUT2D eigenvalue weighted by Crippen LogP contribution is 1.99. The molecular formula is C6H13O3. The molecule has 0 saturated heterocycles. The molecule has 9 heavy (non-hydrogen) atoms. The molecule has 0 amide bonds. The van der Waals surface area contributed by atoms with E-state index >= 15 is 0 Å². The van der Waals surface area contributed by atoms with Gasteiger partial charge in [0.15, 0.2) is 12.6 Å². The normalized spacial score (nSPS) is 17.3. The molecule has 3 heteroatoms. The smallest absolute Gasteiger partial charge is 0.194 e. The van der Waals surface area contributed by atoms with Gasteiger partial charge in [-0.05, 0) is 12.8 Å². The lowest BCUT2D eigenvalue weighted by Gasteiger charge is -2.11. The first kappa shape index (κ1) is 8.88. The van der Waals surface area contributed by atoms with E-state index in [0.717, 1.165) is 0 Å². The fourth-order valence-electron chi connectivity index (χ4n) is 0.368. The molecule has 0 aromatic heterocycles. The van der Waals surface area contributed by atoms with Crippen LogP contribution in [0.1, 0.15) is 26.7 Å². The molecule has 0 aromatic rings. The van der Waals surface area contributed by atoms with Gasteiger partial charge < -0.3 is 9.84 Å². The Morgan fingerprint density at radius 3 is 2.33 bits per heavy atom.